The highest BCUT2D eigenvalue weighted by Crippen LogP contribution is 2.54. The van der Waals surface area contributed by atoms with Gasteiger partial charge in [-0.25, -0.2) is 0 Å². The van der Waals surface area contributed by atoms with Crippen molar-refractivity contribution in [3.05, 3.63) is 0 Å². The summed E-state index contributed by atoms with van der Waals surface area (Å²) in [5, 5.41) is 0. The number of hydrogen-bond donors (Lipinski definition) is 0. The van der Waals surface area contributed by atoms with Gasteiger partial charge in [-0.05, 0) is 50.4 Å². The second-order valence-corrected chi connectivity index (χ2v) is 6.27. The lowest BCUT2D eigenvalue weighted by Gasteiger charge is -2.25. The third-order valence-corrected chi connectivity index (χ3v) is 5.32. The molecule has 1 heterocycles. The summed E-state index contributed by atoms with van der Waals surface area (Å²) in [6.07, 6.45) is 12.4. The van der Waals surface area contributed by atoms with E-state index < -0.39 is 0 Å². The van der Waals surface area contributed by atoms with E-state index in [1.807, 2.05) is 0 Å². The molecule has 1 saturated heterocycles. The van der Waals surface area contributed by atoms with E-state index in [0.29, 0.717) is 17.1 Å². The fourth-order valence-electron chi connectivity index (χ4n) is 3.48. The Labute approximate surface area is 97.5 Å². The number of hydrogen-bond acceptors (Lipinski definition) is 1. The first-order valence-corrected chi connectivity index (χ1v) is 7.03. The summed E-state index contributed by atoms with van der Waals surface area (Å²) in [7, 11) is 0. The van der Waals surface area contributed by atoms with Crippen molar-refractivity contribution in [2.75, 3.05) is 5.88 Å². The second-order valence-electron chi connectivity index (χ2n) is 6.01. The first-order chi connectivity index (χ1) is 7.26. The van der Waals surface area contributed by atoms with E-state index in [4.69, 9.17) is 16.3 Å². The van der Waals surface area contributed by atoms with E-state index in [-0.39, 0.29) is 0 Å². The van der Waals surface area contributed by atoms with Gasteiger partial charge in [0.1, 0.15) is 0 Å². The summed E-state index contributed by atoms with van der Waals surface area (Å²) >= 11 is 6.03. The Balaban J connectivity index is 1.57. The maximum Gasteiger partial charge on any atom is 0.0687 e. The Morgan fingerprint density at radius 2 is 1.80 bits per heavy atom. The highest BCUT2D eigenvalue weighted by Gasteiger charge is 2.48. The van der Waals surface area contributed by atoms with Crippen LogP contribution >= 0.6 is 11.6 Å². The predicted molar refractivity (Wildman–Crippen MR) is 62.3 cm³/mol. The molecule has 86 valence electrons. The van der Waals surface area contributed by atoms with Crippen LogP contribution in [0.3, 0.4) is 0 Å². The molecule has 0 N–H and O–H groups in total. The molecule has 0 aromatic carbocycles. The molecule has 2 aliphatic carbocycles. The highest BCUT2D eigenvalue weighted by molar-refractivity contribution is 6.18. The van der Waals surface area contributed by atoms with Gasteiger partial charge in [0.25, 0.3) is 0 Å². The van der Waals surface area contributed by atoms with E-state index in [1.165, 1.54) is 57.8 Å². The molecule has 1 unspecified atom stereocenters. The molecular weight excluding hydrogens is 208 g/mol. The van der Waals surface area contributed by atoms with Crippen molar-refractivity contribution in [1.82, 2.24) is 0 Å². The molecule has 2 heteroatoms. The van der Waals surface area contributed by atoms with Crippen LogP contribution in [0.4, 0.5) is 0 Å². The Morgan fingerprint density at radius 3 is 2.40 bits per heavy atom. The van der Waals surface area contributed by atoms with Crippen molar-refractivity contribution >= 4 is 11.6 Å². The molecule has 1 spiro atoms. The van der Waals surface area contributed by atoms with Crippen LogP contribution in [0.25, 0.3) is 0 Å². The van der Waals surface area contributed by atoms with Crippen LogP contribution in [0.5, 0.6) is 0 Å². The van der Waals surface area contributed by atoms with Crippen LogP contribution in [-0.4, -0.2) is 17.6 Å². The summed E-state index contributed by atoms with van der Waals surface area (Å²) in [6.45, 7) is 0. The maximum absolute atomic E-state index is 6.33. The van der Waals surface area contributed by atoms with Gasteiger partial charge >= 0.3 is 0 Å². The Kier molecular flexibility index (Phi) is 2.52. The zero-order valence-corrected chi connectivity index (χ0v) is 10.2. The maximum atomic E-state index is 6.33. The van der Waals surface area contributed by atoms with Crippen LogP contribution in [0, 0.1) is 5.41 Å². The molecule has 0 aromatic rings. The Bertz CT molecular complexity index is 241. The van der Waals surface area contributed by atoms with Crippen molar-refractivity contribution in [2.45, 2.75) is 69.5 Å². The number of ether oxygens (including phenoxy) is 1. The van der Waals surface area contributed by atoms with E-state index in [2.05, 4.69) is 0 Å². The molecular formula is C13H21ClO. The SMILES string of the molecule is ClCC1(CC2CCC3(CCCC3)O2)CC1. The number of halogens is 1. The molecule has 1 aliphatic heterocycles. The third-order valence-electron chi connectivity index (χ3n) is 4.75. The van der Waals surface area contributed by atoms with Crippen LogP contribution in [-0.2, 0) is 4.74 Å². The Morgan fingerprint density at radius 1 is 1.07 bits per heavy atom. The van der Waals surface area contributed by atoms with Gasteiger partial charge < -0.3 is 4.74 Å². The van der Waals surface area contributed by atoms with E-state index >= 15 is 0 Å². The monoisotopic (exact) mass is 228 g/mol. The molecule has 3 rings (SSSR count). The smallest absolute Gasteiger partial charge is 0.0687 e. The van der Waals surface area contributed by atoms with Gasteiger partial charge in [-0.3, -0.25) is 0 Å². The zero-order valence-electron chi connectivity index (χ0n) is 9.43. The quantitative estimate of drug-likeness (QED) is 0.666. The molecule has 1 nitrogen and oxygen atoms in total. The van der Waals surface area contributed by atoms with Crippen molar-refractivity contribution in [2.24, 2.45) is 5.41 Å². The molecule has 2 saturated carbocycles. The summed E-state index contributed by atoms with van der Waals surface area (Å²) in [5.74, 6) is 0.847. The van der Waals surface area contributed by atoms with Crippen molar-refractivity contribution < 1.29 is 4.74 Å². The predicted octanol–water partition coefficient (Wildman–Crippen LogP) is 3.89. The minimum atomic E-state index is 0.313. The van der Waals surface area contributed by atoms with Crippen LogP contribution in [0.15, 0.2) is 0 Å². The van der Waals surface area contributed by atoms with E-state index in [1.54, 1.807) is 0 Å². The first-order valence-electron chi connectivity index (χ1n) is 6.50. The van der Waals surface area contributed by atoms with Crippen molar-refractivity contribution in [1.29, 1.82) is 0 Å². The summed E-state index contributed by atoms with van der Waals surface area (Å²) in [5.41, 5.74) is 0.795. The van der Waals surface area contributed by atoms with Gasteiger partial charge in [0.15, 0.2) is 0 Å². The standard InChI is InChI=1S/C13H21ClO/c14-10-12(7-8-12)9-11-3-6-13(15-11)4-1-2-5-13/h11H,1-10H2. The lowest BCUT2D eigenvalue weighted by molar-refractivity contribution is -0.0447. The molecule has 0 radical (unpaired) electrons. The average molecular weight is 229 g/mol. The molecule has 1 atom stereocenters. The third kappa shape index (κ3) is 1.93. The van der Waals surface area contributed by atoms with E-state index in [9.17, 15) is 0 Å². The van der Waals surface area contributed by atoms with Crippen LogP contribution in [0.1, 0.15) is 57.8 Å². The summed E-state index contributed by atoms with van der Waals surface area (Å²) < 4.78 is 6.33. The largest absolute Gasteiger partial charge is 0.372 e. The zero-order chi connectivity index (χ0) is 10.4. The fourth-order valence-corrected chi connectivity index (χ4v) is 3.85. The summed E-state index contributed by atoms with van der Waals surface area (Å²) in [6, 6.07) is 0. The Hall–Kier alpha value is 0.250. The molecule has 0 bridgehead atoms. The average Bonchev–Trinajstić information content (AvgIpc) is 2.71. The van der Waals surface area contributed by atoms with E-state index in [0.717, 1.165) is 5.88 Å². The minimum absolute atomic E-state index is 0.313. The molecule has 0 aromatic heterocycles. The van der Waals surface area contributed by atoms with Crippen molar-refractivity contribution in [3.63, 3.8) is 0 Å². The van der Waals surface area contributed by atoms with Crippen LogP contribution in [0.2, 0.25) is 0 Å². The van der Waals surface area contributed by atoms with Gasteiger partial charge in [-0.1, -0.05) is 12.8 Å². The van der Waals surface area contributed by atoms with Gasteiger partial charge in [0.2, 0.25) is 0 Å². The van der Waals surface area contributed by atoms with Gasteiger partial charge in [0.05, 0.1) is 11.7 Å². The van der Waals surface area contributed by atoms with Crippen LogP contribution < -0.4 is 0 Å². The van der Waals surface area contributed by atoms with Gasteiger partial charge in [0, 0.05) is 5.88 Å². The highest BCUT2D eigenvalue weighted by atomic mass is 35.5. The van der Waals surface area contributed by atoms with Crippen molar-refractivity contribution in [3.8, 4) is 0 Å². The topological polar surface area (TPSA) is 9.23 Å². The first kappa shape index (κ1) is 10.4. The van der Waals surface area contributed by atoms with Gasteiger partial charge in [-0.2, -0.15) is 0 Å². The lowest BCUT2D eigenvalue weighted by Crippen LogP contribution is -2.26. The molecule has 15 heavy (non-hydrogen) atoms. The normalized spacial score (nSPS) is 36.2. The molecule has 3 fully saturated rings. The molecule has 0 amide bonds. The minimum Gasteiger partial charge on any atom is -0.372 e. The lowest BCUT2D eigenvalue weighted by atomic mass is 9.95. The second kappa shape index (κ2) is 3.63. The number of alkyl halides is 1. The summed E-state index contributed by atoms with van der Waals surface area (Å²) in [4.78, 5) is 0. The fraction of sp³-hybridized carbons (Fsp3) is 1.00. The van der Waals surface area contributed by atoms with Gasteiger partial charge in [-0.15, -0.1) is 11.6 Å². The molecule has 3 aliphatic rings. The number of rotatable bonds is 3.